The second kappa shape index (κ2) is 6.17. The lowest BCUT2D eigenvalue weighted by Gasteiger charge is -2.26. The molecule has 1 aromatic rings. The number of carbonyl (C=O) groups is 1. The van der Waals surface area contributed by atoms with Crippen molar-refractivity contribution in [2.75, 3.05) is 12.8 Å². The molecule has 21 heavy (non-hydrogen) atoms. The van der Waals surface area contributed by atoms with Crippen LogP contribution in [0.2, 0.25) is 0 Å². The molecule has 1 fully saturated rings. The Morgan fingerprint density at radius 2 is 1.90 bits per heavy atom. The van der Waals surface area contributed by atoms with Gasteiger partial charge >= 0.3 is 0 Å². The van der Waals surface area contributed by atoms with E-state index in [1.807, 2.05) is 18.4 Å². The number of nitrogens with one attached hydrogen (secondary N) is 1. The van der Waals surface area contributed by atoms with Gasteiger partial charge in [0.25, 0.3) is 0 Å². The van der Waals surface area contributed by atoms with Crippen molar-refractivity contribution in [1.82, 2.24) is 14.9 Å². The van der Waals surface area contributed by atoms with Crippen LogP contribution in [-0.2, 0) is 14.6 Å². The van der Waals surface area contributed by atoms with Crippen LogP contribution in [0.5, 0.6) is 0 Å². The van der Waals surface area contributed by atoms with Gasteiger partial charge < -0.3 is 9.88 Å². The van der Waals surface area contributed by atoms with Gasteiger partial charge in [0.2, 0.25) is 20.9 Å². The third-order valence-corrected chi connectivity index (χ3v) is 5.66. The molecule has 1 heterocycles. The molecular weight excluding hydrogens is 290 g/mol. The van der Waals surface area contributed by atoms with E-state index in [0.717, 1.165) is 37.1 Å². The monoisotopic (exact) mass is 313 g/mol. The Labute approximate surface area is 125 Å². The molecule has 0 aromatic carbocycles. The summed E-state index contributed by atoms with van der Waals surface area (Å²) in [6.45, 7) is 3.71. The molecule has 118 valence electrons. The number of hydrogen-bond donors (Lipinski definition) is 1. The van der Waals surface area contributed by atoms with Crippen molar-refractivity contribution in [2.45, 2.75) is 57.1 Å². The average molecular weight is 313 g/mol. The molecular formula is C14H23N3O3S. The molecule has 0 unspecified atom stereocenters. The molecule has 0 aliphatic heterocycles. The number of nitrogens with zero attached hydrogens (tertiary/aromatic N) is 2. The van der Waals surface area contributed by atoms with E-state index >= 15 is 0 Å². The molecule has 0 atom stereocenters. The molecule has 7 heteroatoms. The molecule has 1 N–H and O–H groups in total. The molecule has 1 amide bonds. The molecule has 1 aliphatic carbocycles. The summed E-state index contributed by atoms with van der Waals surface area (Å²) in [4.78, 5) is 15.7. The number of sulfone groups is 1. The van der Waals surface area contributed by atoms with Gasteiger partial charge in [-0.3, -0.25) is 4.79 Å². The van der Waals surface area contributed by atoms with Gasteiger partial charge in [-0.05, 0) is 26.7 Å². The van der Waals surface area contributed by atoms with Crippen LogP contribution in [0.25, 0.3) is 0 Å². The van der Waals surface area contributed by atoms with Crippen LogP contribution >= 0.6 is 0 Å². The maximum Gasteiger partial charge on any atom is 0.235 e. The third-order valence-electron chi connectivity index (χ3n) is 4.17. The van der Waals surface area contributed by atoms with Crippen LogP contribution in [0, 0.1) is 13.8 Å². The molecule has 0 spiro atoms. The van der Waals surface area contributed by atoms with Gasteiger partial charge in [-0.1, -0.05) is 19.3 Å². The van der Waals surface area contributed by atoms with E-state index in [9.17, 15) is 13.2 Å². The number of amides is 1. The lowest BCUT2D eigenvalue weighted by atomic mass is 9.95. The Bertz CT molecular complexity index is 628. The molecule has 1 aliphatic rings. The van der Waals surface area contributed by atoms with Gasteiger partial charge in [-0.25, -0.2) is 13.4 Å². The van der Waals surface area contributed by atoms with Crippen molar-refractivity contribution in [3.8, 4) is 0 Å². The minimum atomic E-state index is -3.71. The van der Waals surface area contributed by atoms with E-state index in [2.05, 4.69) is 10.3 Å². The second-order valence-corrected chi connectivity index (χ2v) is 7.54. The zero-order valence-electron chi connectivity index (χ0n) is 12.8. The Kier molecular flexibility index (Phi) is 4.70. The summed E-state index contributed by atoms with van der Waals surface area (Å²) in [7, 11) is -2.28. The smallest absolute Gasteiger partial charge is 0.235 e. The summed E-state index contributed by atoms with van der Waals surface area (Å²) in [6, 6.07) is 0.175. The predicted octanol–water partition coefficient (Wildman–Crippen LogP) is 1.52. The normalized spacial score (nSPS) is 16.9. The van der Waals surface area contributed by atoms with Crippen LogP contribution < -0.4 is 5.32 Å². The van der Waals surface area contributed by atoms with E-state index in [4.69, 9.17) is 0 Å². The largest absolute Gasteiger partial charge is 0.358 e. The Morgan fingerprint density at radius 3 is 2.48 bits per heavy atom. The summed E-state index contributed by atoms with van der Waals surface area (Å²) >= 11 is 0. The van der Waals surface area contributed by atoms with Crippen molar-refractivity contribution in [3.63, 3.8) is 0 Å². The van der Waals surface area contributed by atoms with E-state index in [1.165, 1.54) is 13.5 Å². The molecule has 2 rings (SSSR count). The van der Waals surface area contributed by atoms with Crippen molar-refractivity contribution < 1.29 is 13.2 Å². The Balaban J connectivity index is 2.44. The first-order valence-electron chi connectivity index (χ1n) is 7.35. The standard InChI is InChI=1S/C14H23N3O3S/c1-10-11(2)17(12-7-5-4-6-8-12)14(16-10)21(19,20)9-13(18)15-3/h12H,4-9H2,1-3H3,(H,15,18). The maximum absolute atomic E-state index is 12.5. The Hall–Kier alpha value is -1.37. The van der Waals surface area contributed by atoms with Crippen molar-refractivity contribution >= 4 is 15.7 Å². The predicted molar refractivity (Wildman–Crippen MR) is 79.9 cm³/mol. The number of aromatic nitrogens is 2. The lowest BCUT2D eigenvalue weighted by Crippen LogP contribution is -2.29. The van der Waals surface area contributed by atoms with Gasteiger partial charge in [0.1, 0.15) is 5.75 Å². The number of rotatable bonds is 4. The number of imidazole rings is 1. The first kappa shape index (κ1) is 16.0. The van der Waals surface area contributed by atoms with Gasteiger partial charge in [0, 0.05) is 18.8 Å². The number of aryl methyl sites for hydroxylation is 1. The fraction of sp³-hybridized carbons (Fsp3) is 0.714. The first-order valence-corrected chi connectivity index (χ1v) is 9.01. The second-order valence-electron chi connectivity index (χ2n) is 5.66. The van der Waals surface area contributed by atoms with Crippen molar-refractivity contribution in [1.29, 1.82) is 0 Å². The summed E-state index contributed by atoms with van der Waals surface area (Å²) in [5.74, 6) is -1.06. The summed E-state index contributed by atoms with van der Waals surface area (Å²) in [6.07, 6.45) is 5.36. The highest BCUT2D eigenvalue weighted by atomic mass is 32.2. The number of hydrogen-bond acceptors (Lipinski definition) is 4. The van der Waals surface area contributed by atoms with E-state index in [-0.39, 0.29) is 11.2 Å². The zero-order valence-corrected chi connectivity index (χ0v) is 13.7. The molecule has 0 bridgehead atoms. The van der Waals surface area contributed by atoms with Gasteiger partial charge in [0.05, 0.1) is 5.69 Å². The van der Waals surface area contributed by atoms with Gasteiger partial charge in [-0.15, -0.1) is 0 Å². The molecule has 1 saturated carbocycles. The molecule has 0 radical (unpaired) electrons. The number of carbonyl (C=O) groups excluding carboxylic acids is 1. The van der Waals surface area contributed by atoms with Crippen LogP contribution in [0.4, 0.5) is 0 Å². The quantitative estimate of drug-likeness (QED) is 0.914. The summed E-state index contributed by atoms with van der Waals surface area (Å²) in [5.41, 5.74) is 1.61. The van der Waals surface area contributed by atoms with Gasteiger partial charge in [0.15, 0.2) is 0 Å². The van der Waals surface area contributed by atoms with Gasteiger partial charge in [-0.2, -0.15) is 0 Å². The lowest BCUT2D eigenvalue weighted by molar-refractivity contribution is -0.118. The first-order chi connectivity index (χ1) is 9.86. The third kappa shape index (κ3) is 3.28. The molecule has 1 aromatic heterocycles. The molecule has 6 nitrogen and oxygen atoms in total. The zero-order chi connectivity index (χ0) is 15.6. The van der Waals surface area contributed by atoms with Crippen molar-refractivity contribution in [2.24, 2.45) is 0 Å². The van der Waals surface area contributed by atoms with Crippen LogP contribution in [0.3, 0.4) is 0 Å². The summed E-state index contributed by atoms with van der Waals surface area (Å²) < 4.78 is 26.8. The highest BCUT2D eigenvalue weighted by Gasteiger charge is 2.30. The van der Waals surface area contributed by atoms with E-state index in [0.29, 0.717) is 0 Å². The van der Waals surface area contributed by atoms with E-state index in [1.54, 1.807) is 0 Å². The van der Waals surface area contributed by atoms with Crippen LogP contribution in [0.15, 0.2) is 5.16 Å². The maximum atomic E-state index is 12.5. The van der Waals surface area contributed by atoms with Crippen molar-refractivity contribution in [3.05, 3.63) is 11.4 Å². The fourth-order valence-corrected chi connectivity index (χ4v) is 4.37. The summed E-state index contributed by atoms with van der Waals surface area (Å²) in [5, 5.41) is 2.41. The average Bonchev–Trinajstić information content (AvgIpc) is 2.76. The highest BCUT2D eigenvalue weighted by Crippen LogP contribution is 2.32. The topological polar surface area (TPSA) is 81.1 Å². The highest BCUT2D eigenvalue weighted by molar-refractivity contribution is 7.92. The van der Waals surface area contributed by atoms with Crippen LogP contribution in [0.1, 0.15) is 49.5 Å². The molecule has 0 saturated heterocycles. The Morgan fingerprint density at radius 1 is 1.29 bits per heavy atom. The van der Waals surface area contributed by atoms with E-state index < -0.39 is 21.5 Å². The van der Waals surface area contributed by atoms with Crippen LogP contribution in [-0.4, -0.2) is 36.7 Å². The fourth-order valence-electron chi connectivity index (χ4n) is 2.89. The SMILES string of the molecule is CNC(=O)CS(=O)(=O)c1nc(C)c(C)n1C1CCCCC1. The minimum absolute atomic E-state index is 0.0491. The minimum Gasteiger partial charge on any atom is -0.358 e.